The normalized spacial score (nSPS) is 10.6. The minimum atomic E-state index is 0.750. The van der Waals surface area contributed by atoms with E-state index in [0.717, 1.165) is 18.1 Å². The van der Waals surface area contributed by atoms with Gasteiger partial charge in [-0.2, -0.15) is 5.10 Å². The number of benzene rings is 1. The third-order valence-electron chi connectivity index (χ3n) is 3.61. The van der Waals surface area contributed by atoms with Gasteiger partial charge in [0.1, 0.15) is 12.7 Å². The lowest BCUT2D eigenvalue weighted by Crippen LogP contribution is -2.07. The lowest BCUT2D eigenvalue weighted by atomic mass is 10.0. The predicted molar refractivity (Wildman–Crippen MR) is 82.4 cm³/mol. The fourth-order valence-electron chi connectivity index (χ4n) is 2.23. The average Bonchev–Trinajstić information content (AvgIpc) is 3.03. The van der Waals surface area contributed by atoms with E-state index < -0.39 is 0 Å². The van der Waals surface area contributed by atoms with E-state index in [-0.39, 0.29) is 0 Å². The Kier molecular flexibility index (Phi) is 3.64. The Morgan fingerprint density at radius 2 is 2.05 bits per heavy atom. The van der Waals surface area contributed by atoms with Crippen LogP contribution in [0.1, 0.15) is 16.7 Å². The predicted octanol–water partition coefficient (Wildman–Crippen LogP) is 2.89. The summed E-state index contributed by atoms with van der Waals surface area (Å²) in [5, 5.41) is 7.57. The number of nitrogens with zero attached hydrogens (tertiary/aromatic N) is 4. The molecule has 3 rings (SSSR count). The molecule has 5 nitrogen and oxygen atoms in total. The molecule has 3 aromatic rings. The summed E-state index contributed by atoms with van der Waals surface area (Å²) >= 11 is 0. The third kappa shape index (κ3) is 2.76. The minimum Gasteiger partial charge on any atom is -0.378 e. The summed E-state index contributed by atoms with van der Waals surface area (Å²) < 4.78 is 1.66. The Morgan fingerprint density at radius 1 is 1.14 bits per heavy atom. The molecule has 0 radical (unpaired) electrons. The van der Waals surface area contributed by atoms with E-state index in [4.69, 9.17) is 0 Å². The van der Waals surface area contributed by atoms with Gasteiger partial charge in [-0.15, -0.1) is 0 Å². The van der Waals surface area contributed by atoms with Gasteiger partial charge in [-0.1, -0.05) is 18.2 Å². The summed E-state index contributed by atoms with van der Waals surface area (Å²) in [5.41, 5.74) is 4.83. The number of aromatic nitrogens is 4. The van der Waals surface area contributed by atoms with E-state index in [2.05, 4.69) is 52.4 Å². The molecule has 0 aliphatic carbocycles. The van der Waals surface area contributed by atoms with Crippen LogP contribution in [-0.2, 0) is 6.54 Å². The highest BCUT2D eigenvalue weighted by Crippen LogP contribution is 2.19. The number of hydrogen-bond acceptors (Lipinski definition) is 4. The van der Waals surface area contributed by atoms with Crippen LogP contribution >= 0.6 is 0 Å². The van der Waals surface area contributed by atoms with Crippen molar-refractivity contribution in [2.45, 2.75) is 20.4 Å². The van der Waals surface area contributed by atoms with Crippen molar-refractivity contribution in [3.8, 4) is 5.82 Å². The fourth-order valence-corrected chi connectivity index (χ4v) is 2.23. The molecule has 5 heteroatoms. The topological polar surface area (TPSA) is 55.6 Å². The molecule has 0 saturated heterocycles. The van der Waals surface area contributed by atoms with Crippen LogP contribution in [0.15, 0.2) is 49.2 Å². The molecular formula is C16H17N5. The smallest absolute Gasteiger partial charge is 0.178 e. The third-order valence-corrected chi connectivity index (χ3v) is 3.61. The molecule has 0 bridgehead atoms. The molecule has 2 heterocycles. The largest absolute Gasteiger partial charge is 0.378 e. The van der Waals surface area contributed by atoms with Gasteiger partial charge in [0.15, 0.2) is 5.82 Å². The summed E-state index contributed by atoms with van der Waals surface area (Å²) in [7, 11) is 0. The van der Waals surface area contributed by atoms with Crippen molar-refractivity contribution in [3.63, 3.8) is 0 Å². The maximum atomic E-state index is 4.37. The van der Waals surface area contributed by atoms with Crippen LogP contribution in [0.5, 0.6) is 0 Å². The molecule has 0 aliphatic heterocycles. The molecular weight excluding hydrogens is 262 g/mol. The molecule has 0 saturated carbocycles. The number of aryl methyl sites for hydroxylation is 1. The minimum absolute atomic E-state index is 0.750. The van der Waals surface area contributed by atoms with Gasteiger partial charge < -0.3 is 5.32 Å². The maximum Gasteiger partial charge on any atom is 0.178 e. The first kappa shape index (κ1) is 13.3. The summed E-state index contributed by atoms with van der Waals surface area (Å²) in [4.78, 5) is 8.34. The molecule has 2 aromatic heterocycles. The van der Waals surface area contributed by atoms with Gasteiger partial charge in [0.05, 0.1) is 5.69 Å². The molecule has 0 atom stereocenters. The average molecular weight is 279 g/mol. The number of pyridine rings is 1. The zero-order chi connectivity index (χ0) is 14.7. The number of nitrogens with one attached hydrogen (secondary N) is 1. The monoisotopic (exact) mass is 279 g/mol. The SMILES string of the molecule is Cc1cccc(CNc2cccnc2-n2cncn2)c1C. The zero-order valence-corrected chi connectivity index (χ0v) is 12.1. The Morgan fingerprint density at radius 3 is 2.86 bits per heavy atom. The zero-order valence-electron chi connectivity index (χ0n) is 12.1. The Bertz CT molecular complexity index is 734. The molecule has 0 fully saturated rings. The van der Waals surface area contributed by atoms with Crippen LogP contribution in [-0.4, -0.2) is 19.7 Å². The number of hydrogen-bond donors (Lipinski definition) is 1. The second-order valence-electron chi connectivity index (χ2n) is 4.93. The van der Waals surface area contributed by atoms with E-state index in [1.54, 1.807) is 17.2 Å². The van der Waals surface area contributed by atoms with E-state index in [1.165, 1.54) is 23.0 Å². The van der Waals surface area contributed by atoms with Gasteiger partial charge in [0.25, 0.3) is 0 Å². The summed E-state index contributed by atoms with van der Waals surface area (Å²) in [6.07, 6.45) is 4.90. The standard InChI is InChI=1S/C16H17N5/c1-12-5-3-6-14(13(12)2)9-19-15-7-4-8-18-16(15)21-11-17-10-20-21/h3-8,10-11,19H,9H2,1-2H3. The van der Waals surface area contributed by atoms with Crippen LogP contribution < -0.4 is 5.32 Å². The molecule has 0 unspecified atom stereocenters. The maximum absolute atomic E-state index is 4.37. The highest BCUT2D eigenvalue weighted by atomic mass is 15.3. The van der Waals surface area contributed by atoms with Gasteiger partial charge >= 0.3 is 0 Å². The van der Waals surface area contributed by atoms with E-state index in [1.807, 2.05) is 12.1 Å². The van der Waals surface area contributed by atoms with Gasteiger partial charge in [-0.25, -0.2) is 14.6 Å². The highest BCUT2D eigenvalue weighted by molar-refractivity contribution is 5.56. The van der Waals surface area contributed by atoms with Gasteiger partial charge in [0.2, 0.25) is 0 Å². The van der Waals surface area contributed by atoms with E-state index in [0.29, 0.717) is 0 Å². The summed E-state index contributed by atoms with van der Waals surface area (Å²) in [5.74, 6) is 0.750. The van der Waals surface area contributed by atoms with Crippen LogP contribution in [0.2, 0.25) is 0 Å². The molecule has 0 amide bonds. The Labute approximate surface area is 123 Å². The number of rotatable bonds is 4. The van der Waals surface area contributed by atoms with Crippen molar-refractivity contribution >= 4 is 5.69 Å². The molecule has 21 heavy (non-hydrogen) atoms. The first-order chi connectivity index (χ1) is 10.3. The lowest BCUT2D eigenvalue weighted by Gasteiger charge is -2.13. The second-order valence-corrected chi connectivity index (χ2v) is 4.93. The molecule has 1 aromatic carbocycles. The van der Waals surface area contributed by atoms with Crippen LogP contribution in [0.4, 0.5) is 5.69 Å². The van der Waals surface area contributed by atoms with Crippen LogP contribution in [0.3, 0.4) is 0 Å². The van der Waals surface area contributed by atoms with Crippen molar-refractivity contribution in [1.82, 2.24) is 19.7 Å². The summed E-state index contributed by atoms with van der Waals surface area (Å²) in [6, 6.07) is 10.3. The molecule has 1 N–H and O–H groups in total. The van der Waals surface area contributed by atoms with Crippen LogP contribution in [0, 0.1) is 13.8 Å². The van der Waals surface area contributed by atoms with Gasteiger partial charge in [-0.05, 0) is 42.7 Å². The Balaban J connectivity index is 1.85. The second kappa shape index (κ2) is 5.75. The van der Waals surface area contributed by atoms with Gasteiger partial charge in [-0.3, -0.25) is 0 Å². The van der Waals surface area contributed by atoms with Crippen molar-refractivity contribution in [1.29, 1.82) is 0 Å². The van der Waals surface area contributed by atoms with Gasteiger partial charge in [0, 0.05) is 12.7 Å². The molecule has 106 valence electrons. The van der Waals surface area contributed by atoms with Crippen molar-refractivity contribution < 1.29 is 0 Å². The molecule has 0 spiro atoms. The van der Waals surface area contributed by atoms with Crippen molar-refractivity contribution in [2.75, 3.05) is 5.32 Å². The fraction of sp³-hybridized carbons (Fsp3) is 0.188. The number of anilines is 1. The van der Waals surface area contributed by atoms with E-state index >= 15 is 0 Å². The van der Waals surface area contributed by atoms with Crippen LogP contribution in [0.25, 0.3) is 5.82 Å². The quantitative estimate of drug-likeness (QED) is 0.798. The van der Waals surface area contributed by atoms with E-state index in [9.17, 15) is 0 Å². The lowest BCUT2D eigenvalue weighted by molar-refractivity contribution is 0.844. The van der Waals surface area contributed by atoms with Crippen molar-refractivity contribution in [3.05, 3.63) is 65.9 Å². The first-order valence-corrected chi connectivity index (χ1v) is 6.84. The first-order valence-electron chi connectivity index (χ1n) is 6.84. The van der Waals surface area contributed by atoms with Crippen molar-refractivity contribution in [2.24, 2.45) is 0 Å². The highest BCUT2D eigenvalue weighted by Gasteiger charge is 2.07. The molecule has 0 aliphatic rings. The summed E-state index contributed by atoms with van der Waals surface area (Å²) in [6.45, 7) is 5.03. The Hall–Kier alpha value is -2.69.